The van der Waals surface area contributed by atoms with Crippen LogP contribution >= 0.6 is 11.8 Å². The molecule has 0 N–H and O–H groups in total. The number of carbonyl (C=O) groups is 2. The fraction of sp³-hybridized carbons (Fsp3) is 0.600. The lowest BCUT2D eigenvalue weighted by Gasteiger charge is -2.44. The van der Waals surface area contributed by atoms with Gasteiger partial charge in [-0.25, -0.2) is 9.78 Å². The van der Waals surface area contributed by atoms with E-state index in [1.807, 2.05) is 0 Å². The number of amides is 1. The molecule has 3 rings (SSSR count). The highest BCUT2D eigenvalue weighted by Gasteiger charge is 2.56. The third-order valence-electron chi connectivity index (χ3n) is 5.84. The van der Waals surface area contributed by atoms with E-state index < -0.39 is 14.5 Å². The molecule has 2 aliphatic rings. The number of thioether (sulfide) groups is 1. The Hall–Kier alpha value is -2.11. The predicted octanol–water partition coefficient (Wildman–Crippen LogP) is 3.73. The second-order valence-electron chi connectivity index (χ2n) is 8.98. The van der Waals surface area contributed by atoms with E-state index in [1.165, 1.54) is 29.1 Å². The van der Waals surface area contributed by atoms with Gasteiger partial charge in [0, 0.05) is 24.5 Å². The summed E-state index contributed by atoms with van der Waals surface area (Å²) >= 11 is 1.53. The van der Waals surface area contributed by atoms with Gasteiger partial charge in [0.15, 0.2) is 8.32 Å². The van der Waals surface area contributed by atoms with Crippen molar-refractivity contribution in [2.45, 2.75) is 57.2 Å². The molecule has 0 aliphatic carbocycles. The molecule has 1 amide bonds. The Morgan fingerprint density at radius 1 is 1.39 bits per heavy atom. The molecule has 9 nitrogen and oxygen atoms in total. The molecule has 1 saturated heterocycles. The third kappa shape index (κ3) is 5.04. The quantitative estimate of drug-likeness (QED) is 0.235. The van der Waals surface area contributed by atoms with Crippen LogP contribution in [0.15, 0.2) is 36.1 Å². The summed E-state index contributed by atoms with van der Waals surface area (Å²) in [6.45, 7) is 15.3. The maximum Gasteiger partial charge on any atom is 0.515 e. The SMILES string of the molecule is C=CCOC(=O)OC1=C(CCn2cncn2)S[C@@H]2[C@@H](CO[Si](C)(C)C(C)(C)C)C(=O)N12. The van der Waals surface area contributed by atoms with E-state index in [4.69, 9.17) is 13.9 Å². The number of hydrogen-bond donors (Lipinski definition) is 0. The molecule has 11 heteroatoms. The molecule has 0 bridgehead atoms. The summed E-state index contributed by atoms with van der Waals surface area (Å²) in [7, 11) is -1.98. The monoisotopic (exact) mass is 466 g/mol. The van der Waals surface area contributed by atoms with Crippen LogP contribution in [0.5, 0.6) is 0 Å². The molecule has 2 aliphatic heterocycles. The van der Waals surface area contributed by atoms with Crippen LogP contribution in [0.1, 0.15) is 27.2 Å². The number of fused-ring (bicyclic) bond motifs is 1. The van der Waals surface area contributed by atoms with Crippen LogP contribution in [-0.2, 0) is 25.2 Å². The molecule has 0 saturated carbocycles. The second kappa shape index (κ2) is 9.17. The average Bonchev–Trinajstić information content (AvgIpc) is 3.30. The van der Waals surface area contributed by atoms with Gasteiger partial charge in [-0.3, -0.25) is 14.4 Å². The van der Waals surface area contributed by atoms with Crippen molar-refractivity contribution in [3.63, 3.8) is 0 Å². The molecule has 31 heavy (non-hydrogen) atoms. The first kappa shape index (κ1) is 23.5. The van der Waals surface area contributed by atoms with Crippen LogP contribution in [0.25, 0.3) is 0 Å². The normalized spacial score (nSPS) is 21.1. The van der Waals surface area contributed by atoms with Crippen LogP contribution < -0.4 is 0 Å². The molecule has 0 unspecified atom stereocenters. The number of allylic oxidation sites excluding steroid dienone is 1. The summed E-state index contributed by atoms with van der Waals surface area (Å²) < 4.78 is 18.4. The zero-order chi connectivity index (χ0) is 22.8. The maximum absolute atomic E-state index is 12.9. The van der Waals surface area contributed by atoms with E-state index >= 15 is 0 Å². The van der Waals surface area contributed by atoms with Crippen LogP contribution in [-0.4, -0.2) is 58.6 Å². The van der Waals surface area contributed by atoms with Gasteiger partial charge in [0.05, 0.1) is 5.92 Å². The number of ether oxygens (including phenoxy) is 2. The minimum Gasteiger partial charge on any atom is -0.430 e. The van der Waals surface area contributed by atoms with E-state index in [2.05, 4.69) is 50.5 Å². The number of carbonyl (C=O) groups excluding carboxylic acids is 2. The summed E-state index contributed by atoms with van der Waals surface area (Å²) in [5.74, 6) is -0.123. The predicted molar refractivity (Wildman–Crippen MR) is 119 cm³/mol. The molecule has 0 radical (unpaired) electrons. The summed E-state index contributed by atoms with van der Waals surface area (Å²) in [6.07, 6.45) is 4.23. The highest BCUT2D eigenvalue weighted by atomic mass is 32.2. The van der Waals surface area contributed by atoms with Crippen LogP contribution in [0, 0.1) is 5.92 Å². The van der Waals surface area contributed by atoms with Crippen LogP contribution in [0.2, 0.25) is 18.1 Å². The van der Waals surface area contributed by atoms with Crippen molar-refractivity contribution in [2.24, 2.45) is 5.92 Å². The zero-order valence-corrected chi connectivity index (χ0v) is 20.5. The molecule has 1 fully saturated rings. The van der Waals surface area contributed by atoms with E-state index in [1.54, 1.807) is 11.0 Å². The van der Waals surface area contributed by atoms with Gasteiger partial charge in [-0.1, -0.05) is 45.2 Å². The Balaban J connectivity index is 1.70. The van der Waals surface area contributed by atoms with Crippen LogP contribution in [0.3, 0.4) is 0 Å². The van der Waals surface area contributed by atoms with Gasteiger partial charge < -0.3 is 13.9 Å². The molecule has 1 aromatic heterocycles. The third-order valence-corrected chi connectivity index (χ3v) is 11.8. The van der Waals surface area contributed by atoms with Gasteiger partial charge in [-0.2, -0.15) is 5.10 Å². The largest absolute Gasteiger partial charge is 0.515 e. The molecule has 2 atom stereocenters. The lowest BCUT2D eigenvalue weighted by atomic mass is 10.00. The van der Waals surface area contributed by atoms with Gasteiger partial charge in [0.2, 0.25) is 11.8 Å². The van der Waals surface area contributed by atoms with E-state index in [9.17, 15) is 9.59 Å². The van der Waals surface area contributed by atoms with Crippen molar-refractivity contribution < 1.29 is 23.5 Å². The van der Waals surface area contributed by atoms with Crippen molar-refractivity contribution in [1.82, 2.24) is 19.7 Å². The maximum atomic E-state index is 12.9. The van der Waals surface area contributed by atoms with E-state index in [0.29, 0.717) is 19.6 Å². The zero-order valence-electron chi connectivity index (χ0n) is 18.7. The van der Waals surface area contributed by atoms with E-state index in [0.717, 1.165) is 4.91 Å². The first-order valence-electron chi connectivity index (χ1n) is 10.2. The molecule has 170 valence electrons. The first-order chi connectivity index (χ1) is 14.5. The first-order valence-corrected chi connectivity index (χ1v) is 14.0. The van der Waals surface area contributed by atoms with E-state index in [-0.39, 0.29) is 34.7 Å². The standard InChI is InChI=1S/C20H30N4O5SSi/c1-7-10-27-19(26)29-17-15(8-9-23-13-21-12-22-23)30-18-14(16(25)24(17)18)11-28-31(5,6)20(2,3)4/h7,12-14,18H,1,8-11H2,2-6H3/t14-,18+/m0/s1. The van der Waals surface area contributed by atoms with Crippen molar-refractivity contribution in [2.75, 3.05) is 13.2 Å². The summed E-state index contributed by atoms with van der Waals surface area (Å²) in [4.78, 5) is 31.3. The Bertz CT molecular complexity index is 865. The van der Waals surface area contributed by atoms with Gasteiger partial charge >= 0.3 is 6.16 Å². The minimum atomic E-state index is -1.98. The Labute approximate surface area is 187 Å². The smallest absolute Gasteiger partial charge is 0.430 e. The van der Waals surface area contributed by atoms with Crippen molar-refractivity contribution >= 4 is 32.1 Å². The van der Waals surface area contributed by atoms with Crippen molar-refractivity contribution in [3.8, 4) is 0 Å². The average molecular weight is 467 g/mol. The van der Waals surface area contributed by atoms with Gasteiger partial charge in [0.1, 0.15) is 24.6 Å². The Kier molecular flexibility index (Phi) is 6.97. The lowest BCUT2D eigenvalue weighted by molar-refractivity contribution is -0.151. The fourth-order valence-corrected chi connectivity index (χ4v) is 5.38. The molecule has 0 aromatic carbocycles. The number of aromatic nitrogens is 3. The highest BCUT2D eigenvalue weighted by molar-refractivity contribution is 8.04. The van der Waals surface area contributed by atoms with Crippen LogP contribution in [0.4, 0.5) is 4.79 Å². The van der Waals surface area contributed by atoms with Gasteiger partial charge in [-0.05, 0) is 18.1 Å². The Morgan fingerprint density at radius 2 is 2.13 bits per heavy atom. The molecular formula is C20H30N4O5SSi. The summed E-state index contributed by atoms with van der Waals surface area (Å²) in [5.41, 5.74) is 0. The number of nitrogens with zero attached hydrogens (tertiary/aromatic N) is 4. The van der Waals surface area contributed by atoms with Gasteiger partial charge in [0.25, 0.3) is 0 Å². The molecule has 0 spiro atoms. The number of β-lactam (4-membered cyclic amide) rings is 1. The summed E-state index contributed by atoms with van der Waals surface area (Å²) in [6, 6.07) is 0. The van der Waals surface area contributed by atoms with Crippen molar-refractivity contribution in [1.29, 1.82) is 0 Å². The fourth-order valence-electron chi connectivity index (χ4n) is 2.94. The topological polar surface area (TPSA) is 95.8 Å². The number of rotatable bonds is 9. The van der Waals surface area contributed by atoms with Crippen molar-refractivity contribution in [3.05, 3.63) is 36.1 Å². The molecule has 1 aromatic rings. The second-order valence-corrected chi connectivity index (χ2v) is 15.0. The number of hydrogen-bond acceptors (Lipinski definition) is 8. The Morgan fingerprint density at radius 3 is 2.74 bits per heavy atom. The molecule has 3 heterocycles. The summed E-state index contributed by atoms with van der Waals surface area (Å²) in [5, 5.41) is 4.02. The van der Waals surface area contributed by atoms with Gasteiger partial charge in [-0.15, -0.1) is 0 Å². The lowest BCUT2D eigenvalue weighted by Crippen LogP contribution is -2.59. The minimum absolute atomic E-state index is 0.0356. The molecular weight excluding hydrogens is 436 g/mol. The number of aryl methyl sites for hydroxylation is 1. The highest BCUT2D eigenvalue weighted by Crippen LogP contribution is 2.51.